The molecular formula is C16H24FNO3. The maximum atomic E-state index is 13.4. The van der Waals surface area contributed by atoms with Crippen LogP contribution in [0.25, 0.3) is 0 Å². The summed E-state index contributed by atoms with van der Waals surface area (Å²) in [5, 5.41) is 3.24. The lowest BCUT2D eigenvalue weighted by Crippen LogP contribution is -2.26. The fourth-order valence-corrected chi connectivity index (χ4v) is 2.15. The molecule has 0 aliphatic carbocycles. The number of hydrogen-bond acceptors (Lipinski definition) is 4. The van der Waals surface area contributed by atoms with E-state index in [1.807, 2.05) is 20.8 Å². The summed E-state index contributed by atoms with van der Waals surface area (Å²) < 4.78 is 30.4. The molecule has 1 aromatic carbocycles. The summed E-state index contributed by atoms with van der Waals surface area (Å²) in [6, 6.07) is 4.30. The van der Waals surface area contributed by atoms with Gasteiger partial charge in [0.2, 0.25) is 0 Å². The standard InChI is InChI=1S/C16H24FNO3/c1-16(2,3)21-13-7-6-12(17)11-14(13)19-9-10-20-15-5-4-8-18-15/h6-7,11,15,18H,4-5,8-10H2,1-3H3/t15-/m0/s1. The second kappa shape index (κ2) is 7.09. The van der Waals surface area contributed by atoms with Crippen LogP contribution < -0.4 is 14.8 Å². The van der Waals surface area contributed by atoms with Crippen molar-refractivity contribution in [1.82, 2.24) is 5.32 Å². The van der Waals surface area contributed by atoms with Crippen molar-refractivity contribution in [2.45, 2.75) is 45.4 Å². The Balaban J connectivity index is 1.86. The molecule has 0 amide bonds. The molecule has 21 heavy (non-hydrogen) atoms. The van der Waals surface area contributed by atoms with Gasteiger partial charge in [-0.1, -0.05) is 0 Å². The van der Waals surface area contributed by atoms with Gasteiger partial charge in [-0.15, -0.1) is 0 Å². The molecule has 0 bridgehead atoms. The molecule has 118 valence electrons. The lowest BCUT2D eigenvalue weighted by atomic mass is 10.2. The Labute approximate surface area is 125 Å². The number of benzene rings is 1. The summed E-state index contributed by atoms with van der Waals surface area (Å²) in [7, 11) is 0. The van der Waals surface area contributed by atoms with E-state index < -0.39 is 0 Å². The van der Waals surface area contributed by atoms with E-state index in [-0.39, 0.29) is 17.6 Å². The molecule has 1 atom stereocenters. The molecule has 1 heterocycles. The van der Waals surface area contributed by atoms with Gasteiger partial charge < -0.3 is 14.2 Å². The highest BCUT2D eigenvalue weighted by Crippen LogP contribution is 2.30. The van der Waals surface area contributed by atoms with Gasteiger partial charge >= 0.3 is 0 Å². The minimum Gasteiger partial charge on any atom is -0.487 e. The van der Waals surface area contributed by atoms with E-state index >= 15 is 0 Å². The molecule has 1 fully saturated rings. The highest BCUT2D eigenvalue weighted by molar-refractivity contribution is 5.40. The molecule has 0 aromatic heterocycles. The first-order valence-corrected chi connectivity index (χ1v) is 7.40. The molecule has 1 aromatic rings. The quantitative estimate of drug-likeness (QED) is 0.819. The molecule has 1 saturated heterocycles. The highest BCUT2D eigenvalue weighted by Gasteiger charge is 2.17. The van der Waals surface area contributed by atoms with Crippen LogP contribution in [0.4, 0.5) is 4.39 Å². The Morgan fingerprint density at radius 1 is 1.24 bits per heavy atom. The van der Waals surface area contributed by atoms with Gasteiger partial charge in [-0.3, -0.25) is 5.32 Å². The Bertz CT molecular complexity index is 453. The number of ether oxygens (including phenoxy) is 3. The third-order valence-corrected chi connectivity index (χ3v) is 3.00. The average molecular weight is 297 g/mol. The van der Waals surface area contributed by atoms with Gasteiger partial charge in [-0.25, -0.2) is 4.39 Å². The SMILES string of the molecule is CC(C)(C)Oc1ccc(F)cc1OCCO[C@H]1CCCN1. The monoisotopic (exact) mass is 297 g/mol. The van der Waals surface area contributed by atoms with Gasteiger partial charge in [0, 0.05) is 6.07 Å². The normalized spacial score (nSPS) is 18.8. The fourth-order valence-electron chi connectivity index (χ4n) is 2.15. The maximum absolute atomic E-state index is 13.4. The second-order valence-electron chi connectivity index (χ2n) is 6.11. The van der Waals surface area contributed by atoms with E-state index in [9.17, 15) is 4.39 Å². The first-order chi connectivity index (χ1) is 9.94. The van der Waals surface area contributed by atoms with Crippen LogP contribution in [0, 0.1) is 5.82 Å². The van der Waals surface area contributed by atoms with Gasteiger partial charge in [0.25, 0.3) is 0 Å². The Kier molecular flexibility index (Phi) is 5.42. The van der Waals surface area contributed by atoms with Crippen LogP contribution in [0.2, 0.25) is 0 Å². The van der Waals surface area contributed by atoms with E-state index in [4.69, 9.17) is 14.2 Å². The zero-order chi connectivity index (χ0) is 15.3. The molecule has 5 heteroatoms. The molecule has 1 aliphatic rings. The number of nitrogens with one attached hydrogen (secondary N) is 1. The molecular weight excluding hydrogens is 273 g/mol. The zero-order valence-electron chi connectivity index (χ0n) is 12.9. The van der Waals surface area contributed by atoms with Crippen molar-refractivity contribution in [3.63, 3.8) is 0 Å². The minimum absolute atomic E-state index is 0.117. The first-order valence-electron chi connectivity index (χ1n) is 7.40. The molecule has 1 N–H and O–H groups in total. The van der Waals surface area contributed by atoms with Crippen molar-refractivity contribution in [2.24, 2.45) is 0 Å². The number of hydrogen-bond donors (Lipinski definition) is 1. The van der Waals surface area contributed by atoms with Gasteiger partial charge in [-0.2, -0.15) is 0 Å². The number of halogens is 1. The Morgan fingerprint density at radius 2 is 2.05 bits per heavy atom. The lowest BCUT2D eigenvalue weighted by molar-refractivity contribution is 0.0242. The minimum atomic E-state index is -0.361. The van der Waals surface area contributed by atoms with Crippen molar-refractivity contribution >= 4 is 0 Å². The third-order valence-electron chi connectivity index (χ3n) is 3.00. The molecule has 0 spiro atoms. The van der Waals surface area contributed by atoms with Crippen molar-refractivity contribution in [3.8, 4) is 11.5 Å². The van der Waals surface area contributed by atoms with Crippen LogP contribution in [0.5, 0.6) is 11.5 Å². The fraction of sp³-hybridized carbons (Fsp3) is 0.625. The Hall–Kier alpha value is -1.33. The highest BCUT2D eigenvalue weighted by atomic mass is 19.1. The largest absolute Gasteiger partial charge is 0.487 e. The summed E-state index contributed by atoms with van der Waals surface area (Å²) in [5.74, 6) is 0.612. The van der Waals surface area contributed by atoms with Gasteiger partial charge in [-0.05, 0) is 52.3 Å². The van der Waals surface area contributed by atoms with Crippen molar-refractivity contribution in [2.75, 3.05) is 19.8 Å². The maximum Gasteiger partial charge on any atom is 0.164 e. The predicted molar refractivity (Wildman–Crippen MR) is 79.3 cm³/mol. The summed E-state index contributed by atoms with van der Waals surface area (Å²) in [6.07, 6.45) is 2.28. The van der Waals surface area contributed by atoms with E-state index in [1.54, 1.807) is 6.07 Å². The van der Waals surface area contributed by atoms with Gasteiger partial charge in [0.05, 0.1) is 6.61 Å². The van der Waals surface area contributed by atoms with Crippen molar-refractivity contribution < 1.29 is 18.6 Å². The topological polar surface area (TPSA) is 39.7 Å². The lowest BCUT2D eigenvalue weighted by Gasteiger charge is -2.23. The van der Waals surface area contributed by atoms with Crippen LogP contribution >= 0.6 is 0 Å². The predicted octanol–water partition coefficient (Wildman–Crippen LogP) is 3.11. The summed E-state index contributed by atoms with van der Waals surface area (Å²) >= 11 is 0. The van der Waals surface area contributed by atoms with E-state index in [0.29, 0.717) is 24.7 Å². The Morgan fingerprint density at radius 3 is 2.71 bits per heavy atom. The molecule has 1 aliphatic heterocycles. The smallest absolute Gasteiger partial charge is 0.164 e. The van der Waals surface area contributed by atoms with Gasteiger partial charge in [0.15, 0.2) is 11.5 Å². The molecule has 4 nitrogen and oxygen atoms in total. The van der Waals surface area contributed by atoms with E-state index in [1.165, 1.54) is 12.1 Å². The van der Waals surface area contributed by atoms with Crippen LogP contribution in [0.3, 0.4) is 0 Å². The first kappa shape index (κ1) is 16.0. The second-order valence-corrected chi connectivity index (χ2v) is 6.11. The zero-order valence-corrected chi connectivity index (χ0v) is 12.9. The summed E-state index contributed by atoms with van der Waals surface area (Å²) in [5.41, 5.74) is -0.361. The van der Waals surface area contributed by atoms with E-state index in [2.05, 4.69) is 5.32 Å². The van der Waals surface area contributed by atoms with Crippen LogP contribution in [-0.2, 0) is 4.74 Å². The number of rotatable bonds is 6. The van der Waals surface area contributed by atoms with Crippen molar-refractivity contribution in [1.29, 1.82) is 0 Å². The van der Waals surface area contributed by atoms with Crippen LogP contribution in [0.1, 0.15) is 33.6 Å². The summed E-state index contributed by atoms with van der Waals surface area (Å²) in [6.45, 7) is 7.64. The summed E-state index contributed by atoms with van der Waals surface area (Å²) in [4.78, 5) is 0. The van der Waals surface area contributed by atoms with Crippen LogP contribution in [-0.4, -0.2) is 31.6 Å². The van der Waals surface area contributed by atoms with Gasteiger partial charge in [0.1, 0.15) is 24.3 Å². The van der Waals surface area contributed by atoms with Crippen molar-refractivity contribution in [3.05, 3.63) is 24.0 Å². The van der Waals surface area contributed by atoms with Crippen LogP contribution in [0.15, 0.2) is 18.2 Å². The molecule has 0 unspecified atom stereocenters. The molecule has 0 saturated carbocycles. The average Bonchev–Trinajstić information content (AvgIpc) is 2.89. The van der Waals surface area contributed by atoms with E-state index in [0.717, 1.165) is 19.4 Å². The molecule has 0 radical (unpaired) electrons. The molecule has 2 rings (SSSR count). The third kappa shape index (κ3) is 5.52.